The first kappa shape index (κ1) is 20.0. The predicted octanol–water partition coefficient (Wildman–Crippen LogP) is 1.20. The average molecular weight is 410 g/mol. The highest BCUT2D eigenvalue weighted by Gasteiger charge is 2.21. The summed E-state index contributed by atoms with van der Waals surface area (Å²) < 4.78 is 7.05. The second-order valence-electron chi connectivity index (χ2n) is 7.53. The van der Waals surface area contributed by atoms with E-state index in [9.17, 15) is 4.79 Å². The third kappa shape index (κ3) is 5.01. The van der Waals surface area contributed by atoms with Gasteiger partial charge in [-0.3, -0.25) is 14.7 Å². The third-order valence-electron chi connectivity index (χ3n) is 5.26. The molecule has 0 aliphatic carbocycles. The van der Waals surface area contributed by atoms with Gasteiger partial charge in [-0.15, -0.1) is 5.10 Å². The van der Waals surface area contributed by atoms with Crippen molar-refractivity contribution < 1.29 is 4.74 Å². The number of H-pyrrole nitrogens is 1. The largest absolute Gasteiger partial charge is 0.497 e. The lowest BCUT2D eigenvalue weighted by Gasteiger charge is -2.32. The number of methoxy groups -OCH3 is 1. The Hall–Kier alpha value is -3.27. The van der Waals surface area contributed by atoms with Gasteiger partial charge in [0.05, 0.1) is 20.2 Å². The fourth-order valence-electron chi connectivity index (χ4n) is 3.64. The van der Waals surface area contributed by atoms with Gasteiger partial charge in [-0.25, -0.2) is 9.67 Å². The number of tetrazole rings is 1. The lowest BCUT2D eigenvalue weighted by Crippen LogP contribution is -2.39. The number of aromatic nitrogens is 6. The Labute approximate surface area is 174 Å². The van der Waals surface area contributed by atoms with E-state index < -0.39 is 0 Å². The molecule has 3 heterocycles. The molecule has 0 spiro atoms. The summed E-state index contributed by atoms with van der Waals surface area (Å²) >= 11 is 0. The van der Waals surface area contributed by atoms with E-state index in [2.05, 4.69) is 35.7 Å². The van der Waals surface area contributed by atoms with E-state index in [1.807, 2.05) is 35.9 Å². The number of aromatic amines is 1. The van der Waals surface area contributed by atoms with Gasteiger partial charge in [-0.1, -0.05) is 12.1 Å². The molecule has 3 aromatic rings. The van der Waals surface area contributed by atoms with Gasteiger partial charge >= 0.3 is 0 Å². The number of rotatable bonds is 7. The van der Waals surface area contributed by atoms with Crippen molar-refractivity contribution in [2.75, 3.05) is 25.5 Å². The molecule has 10 nitrogen and oxygen atoms in total. The molecule has 2 aromatic heterocycles. The predicted molar refractivity (Wildman–Crippen MR) is 111 cm³/mol. The topological polar surface area (TPSA) is 114 Å². The van der Waals surface area contributed by atoms with E-state index in [0.29, 0.717) is 24.7 Å². The average Bonchev–Trinajstić information content (AvgIpc) is 3.16. The number of benzene rings is 1. The first-order valence-corrected chi connectivity index (χ1v) is 10.0. The first-order chi connectivity index (χ1) is 14.6. The van der Waals surface area contributed by atoms with Crippen LogP contribution in [0.15, 0.2) is 35.1 Å². The molecule has 10 heteroatoms. The Bertz CT molecular complexity index is 1020. The Morgan fingerprint density at radius 3 is 2.67 bits per heavy atom. The molecule has 0 atom stereocenters. The Morgan fingerprint density at radius 2 is 1.97 bits per heavy atom. The molecule has 0 amide bonds. The highest BCUT2D eigenvalue weighted by Crippen LogP contribution is 2.17. The van der Waals surface area contributed by atoms with E-state index in [1.54, 1.807) is 7.11 Å². The molecular formula is C20H26N8O2. The minimum atomic E-state index is -0.133. The van der Waals surface area contributed by atoms with E-state index in [0.717, 1.165) is 43.1 Å². The second-order valence-corrected chi connectivity index (χ2v) is 7.53. The summed E-state index contributed by atoms with van der Waals surface area (Å²) in [7, 11) is 1.66. The van der Waals surface area contributed by atoms with Crippen LogP contribution in [0.25, 0.3) is 0 Å². The zero-order valence-electron chi connectivity index (χ0n) is 17.2. The molecule has 30 heavy (non-hydrogen) atoms. The molecule has 158 valence electrons. The van der Waals surface area contributed by atoms with Crippen molar-refractivity contribution in [1.29, 1.82) is 0 Å². The van der Waals surface area contributed by atoms with Gasteiger partial charge in [0.15, 0.2) is 5.82 Å². The molecule has 0 radical (unpaired) electrons. The molecule has 1 aliphatic rings. The van der Waals surface area contributed by atoms with Crippen LogP contribution in [-0.2, 0) is 13.1 Å². The number of anilines is 1. The summed E-state index contributed by atoms with van der Waals surface area (Å²) in [6.45, 7) is 4.98. The van der Waals surface area contributed by atoms with E-state index in [1.165, 1.54) is 6.07 Å². The highest BCUT2D eigenvalue weighted by molar-refractivity contribution is 5.28. The smallest absolute Gasteiger partial charge is 0.252 e. The van der Waals surface area contributed by atoms with Crippen molar-refractivity contribution in [3.63, 3.8) is 0 Å². The van der Waals surface area contributed by atoms with Crippen molar-refractivity contribution in [2.45, 2.75) is 38.9 Å². The monoisotopic (exact) mass is 410 g/mol. The normalized spacial score (nSPS) is 15.3. The first-order valence-electron chi connectivity index (χ1n) is 10.0. The number of hydrogen-bond acceptors (Lipinski definition) is 8. The van der Waals surface area contributed by atoms with Gasteiger partial charge < -0.3 is 10.1 Å². The maximum absolute atomic E-state index is 11.6. The molecule has 4 rings (SSSR count). The van der Waals surface area contributed by atoms with Crippen LogP contribution in [0, 0.1) is 6.92 Å². The van der Waals surface area contributed by atoms with Crippen LogP contribution in [0.3, 0.4) is 0 Å². The number of nitrogens with zero attached hydrogens (tertiary/aromatic N) is 6. The van der Waals surface area contributed by atoms with Gasteiger partial charge in [-0.05, 0) is 47.9 Å². The second kappa shape index (κ2) is 9.04. The number of likely N-dealkylation sites (tertiary alicyclic amines) is 1. The molecule has 0 saturated carbocycles. The molecule has 1 saturated heterocycles. The van der Waals surface area contributed by atoms with Gasteiger partial charge in [-0.2, -0.15) is 0 Å². The fraction of sp³-hybridized carbons (Fsp3) is 0.450. The van der Waals surface area contributed by atoms with Crippen molar-refractivity contribution in [3.05, 3.63) is 57.8 Å². The summed E-state index contributed by atoms with van der Waals surface area (Å²) in [5, 5.41) is 15.6. The summed E-state index contributed by atoms with van der Waals surface area (Å²) in [5.41, 5.74) is 1.69. The van der Waals surface area contributed by atoms with Crippen molar-refractivity contribution in [3.8, 4) is 5.75 Å². The van der Waals surface area contributed by atoms with Crippen molar-refractivity contribution >= 4 is 5.95 Å². The Balaban J connectivity index is 1.31. The maximum atomic E-state index is 11.6. The number of ether oxygens (including phenoxy) is 1. The molecule has 0 unspecified atom stereocenters. The zero-order valence-corrected chi connectivity index (χ0v) is 17.2. The minimum Gasteiger partial charge on any atom is -0.497 e. The molecule has 2 N–H and O–H groups in total. The van der Waals surface area contributed by atoms with E-state index >= 15 is 0 Å². The summed E-state index contributed by atoms with van der Waals surface area (Å²) in [6, 6.07) is 9.68. The van der Waals surface area contributed by atoms with Crippen LogP contribution in [0.5, 0.6) is 5.75 Å². The molecular weight excluding hydrogens is 384 g/mol. The third-order valence-corrected chi connectivity index (χ3v) is 5.26. The van der Waals surface area contributed by atoms with E-state index in [-0.39, 0.29) is 11.6 Å². The maximum Gasteiger partial charge on any atom is 0.252 e. The van der Waals surface area contributed by atoms with Crippen molar-refractivity contribution in [1.82, 2.24) is 35.1 Å². The van der Waals surface area contributed by atoms with Crippen molar-refractivity contribution in [2.24, 2.45) is 0 Å². The van der Waals surface area contributed by atoms with Gasteiger partial charge in [0.25, 0.3) is 5.56 Å². The van der Waals surface area contributed by atoms with Crippen LogP contribution >= 0.6 is 0 Å². The van der Waals surface area contributed by atoms with Gasteiger partial charge in [0.2, 0.25) is 5.95 Å². The van der Waals surface area contributed by atoms with Crippen LogP contribution < -0.4 is 15.6 Å². The van der Waals surface area contributed by atoms with E-state index in [4.69, 9.17) is 4.74 Å². The zero-order chi connectivity index (χ0) is 20.9. The Kier molecular flexibility index (Phi) is 6.03. The lowest BCUT2D eigenvalue weighted by atomic mass is 10.1. The van der Waals surface area contributed by atoms with Gasteiger partial charge in [0.1, 0.15) is 5.75 Å². The van der Waals surface area contributed by atoms with Crippen LogP contribution in [-0.4, -0.2) is 61.3 Å². The molecule has 1 aromatic carbocycles. The van der Waals surface area contributed by atoms with Gasteiger partial charge in [0, 0.05) is 30.9 Å². The standard InChI is InChI=1S/C20H26N8O2/c1-14-11-19(29)23-20(21-14)22-16-7-9-27(10-8-16)13-18-24-25-26-28(18)12-15-3-5-17(30-2)6-4-15/h3-6,11,16H,7-10,12-13H2,1-2H3,(H2,21,22,23,29). The summed E-state index contributed by atoms with van der Waals surface area (Å²) in [4.78, 5) is 21.1. The Morgan fingerprint density at radius 1 is 1.20 bits per heavy atom. The molecule has 1 aliphatic heterocycles. The SMILES string of the molecule is COc1ccc(Cn2nnnc2CN2CCC(Nc3nc(C)cc(=O)[nH]3)CC2)cc1. The molecule has 0 bridgehead atoms. The van der Waals surface area contributed by atoms with Crippen LogP contribution in [0.1, 0.15) is 29.9 Å². The van der Waals surface area contributed by atoms with Crippen LogP contribution in [0.4, 0.5) is 5.95 Å². The fourth-order valence-corrected chi connectivity index (χ4v) is 3.64. The molecule has 1 fully saturated rings. The number of aryl methyl sites for hydroxylation is 1. The summed E-state index contributed by atoms with van der Waals surface area (Å²) in [6.07, 6.45) is 1.91. The number of nitrogens with one attached hydrogen (secondary N) is 2. The quantitative estimate of drug-likeness (QED) is 0.597. The van der Waals surface area contributed by atoms with Crippen LogP contribution in [0.2, 0.25) is 0 Å². The number of piperidine rings is 1. The summed E-state index contributed by atoms with van der Waals surface area (Å²) in [5.74, 6) is 2.22. The highest BCUT2D eigenvalue weighted by atomic mass is 16.5. The number of hydrogen-bond donors (Lipinski definition) is 2. The minimum absolute atomic E-state index is 0.133. The lowest BCUT2D eigenvalue weighted by molar-refractivity contribution is 0.203.